The third kappa shape index (κ3) is 2.41. The second kappa shape index (κ2) is 5.72. The molecule has 0 unspecified atom stereocenters. The molecule has 1 fully saturated rings. The molecule has 0 spiro atoms. The topological polar surface area (TPSA) is 47.6 Å². The van der Waals surface area contributed by atoms with Crippen molar-refractivity contribution in [3.05, 3.63) is 54.1 Å². The zero-order chi connectivity index (χ0) is 15.6. The van der Waals surface area contributed by atoms with E-state index in [-0.39, 0.29) is 5.91 Å². The van der Waals surface area contributed by atoms with Gasteiger partial charge in [0, 0.05) is 5.56 Å². The summed E-state index contributed by atoms with van der Waals surface area (Å²) in [6.07, 6.45) is 1.66. The monoisotopic (exact) mass is 297 g/mol. The first-order valence-corrected chi connectivity index (χ1v) is 7.29. The van der Waals surface area contributed by atoms with Crippen LogP contribution < -0.4 is 14.8 Å². The fourth-order valence-electron chi connectivity index (χ4n) is 2.77. The maximum atomic E-state index is 12.8. The Morgan fingerprint density at radius 2 is 1.55 bits per heavy atom. The van der Waals surface area contributed by atoms with Gasteiger partial charge in [0.15, 0.2) is 0 Å². The van der Waals surface area contributed by atoms with E-state index in [4.69, 9.17) is 9.47 Å². The summed E-state index contributed by atoms with van der Waals surface area (Å²) in [5.74, 6) is 1.41. The molecular weight excluding hydrogens is 278 g/mol. The molecule has 1 saturated carbocycles. The molecule has 0 saturated heterocycles. The number of hydrogen-bond donors (Lipinski definition) is 1. The molecule has 2 aromatic carbocycles. The molecule has 4 nitrogen and oxygen atoms in total. The minimum absolute atomic E-state index is 0.0125. The molecule has 0 bridgehead atoms. The molecule has 114 valence electrons. The maximum absolute atomic E-state index is 12.8. The second-order valence-electron chi connectivity index (χ2n) is 5.44. The minimum atomic E-state index is -0.493. The van der Waals surface area contributed by atoms with Crippen molar-refractivity contribution in [1.29, 1.82) is 0 Å². The van der Waals surface area contributed by atoms with Crippen LogP contribution in [-0.4, -0.2) is 20.1 Å². The lowest BCUT2D eigenvalue weighted by Crippen LogP contribution is -2.28. The number of nitrogens with one attached hydrogen (secondary N) is 1. The van der Waals surface area contributed by atoms with Crippen LogP contribution >= 0.6 is 0 Å². The van der Waals surface area contributed by atoms with Crippen LogP contribution in [0.2, 0.25) is 0 Å². The molecule has 1 aliphatic rings. The number of anilines is 1. The molecule has 1 aliphatic carbocycles. The second-order valence-corrected chi connectivity index (χ2v) is 5.44. The number of para-hydroxylation sites is 3. The van der Waals surface area contributed by atoms with Crippen molar-refractivity contribution in [2.75, 3.05) is 19.5 Å². The molecule has 22 heavy (non-hydrogen) atoms. The highest BCUT2D eigenvalue weighted by Gasteiger charge is 2.52. The van der Waals surface area contributed by atoms with Crippen LogP contribution in [0.1, 0.15) is 18.4 Å². The first-order valence-electron chi connectivity index (χ1n) is 7.29. The standard InChI is InChI=1S/C18H19NO3/c1-21-15-9-5-3-7-13(15)18(11-12-18)17(20)19-14-8-4-6-10-16(14)22-2/h3-10H,11-12H2,1-2H3,(H,19,20). The van der Waals surface area contributed by atoms with Crippen LogP contribution in [0.3, 0.4) is 0 Å². The fourth-order valence-corrected chi connectivity index (χ4v) is 2.77. The van der Waals surface area contributed by atoms with Gasteiger partial charge in [-0.3, -0.25) is 4.79 Å². The lowest BCUT2D eigenvalue weighted by Gasteiger charge is -2.19. The van der Waals surface area contributed by atoms with E-state index >= 15 is 0 Å². The lowest BCUT2D eigenvalue weighted by atomic mass is 9.94. The molecule has 0 heterocycles. The van der Waals surface area contributed by atoms with Gasteiger partial charge in [0.2, 0.25) is 5.91 Å². The largest absolute Gasteiger partial charge is 0.496 e. The molecule has 3 rings (SSSR count). The number of carbonyl (C=O) groups is 1. The Labute approximate surface area is 130 Å². The molecular formula is C18H19NO3. The van der Waals surface area contributed by atoms with Gasteiger partial charge in [-0.1, -0.05) is 30.3 Å². The summed E-state index contributed by atoms with van der Waals surface area (Å²) in [5.41, 5.74) is 1.15. The van der Waals surface area contributed by atoms with Crippen molar-refractivity contribution in [2.24, 2.45) is 0 Å². The number of amides is 1. The number of carbonyl (C=O) groups excluding carboxylic acids is 1. The van der Waals surface area contributed by atoms with E-state index in [9.17, 15) is 4.79 Å². The van der Waals surface area contributed by atoms with Gasteiger partial charge in [0.1, 0.15) is 11.5 Å². The Kier molecular flexibility index (Phi) is 3.75. The van der Waals surface area contributed by atoms with E-state index in [1.54, 1.807) is 14.2 Å². The number of rotatable bonds is 5. The number of methoxy groups -OCH3 is 2. The zero-order valence-electron chi connectivity index (χ0n) is 12.8. The van der Waals surface area contributed by atoms with Crippen LogP contribution in [0, 0.1) is 0 Å². The minimum Gasteiger partial charge on any atom is -0.496 e. The molecule has 1 amide bonds. The molecule has 4 heteroatoms. The SMILES string of the molecule is COc1ccccc1NC(=O)C1(c2ccccc2OC)CC1. The summed E-state index contributed by atoms with van der Waals surface area (Å²) in [5, 5.41) is 2.99. The van der Waals surface area contributed by atoms with E-state index < -0.39 is 5.41 Å². The zero-order valence-corrected chi connectivity index (χ0v) is 12.8. The summed E-state index contributed by atoms with van der Waals surface area (Å²) in [6, 6.07) is 15.1. The van der Waals surface area contributed by atoms with Crippen LogP contribution in [-0.2, 0) is 10.2 Å². The highest BCUT2D eigenvalue weighted by Crippen LogP contribution is 2.52. The summed E-state index contributed by atoms with van der Waals surface area (Å²) < 4.78 is 10.7. The lowest BCUT2D eigenvalue weighted by molar-refractivity contribution is -0.118. The summed E-state index contributed by atoms with van der Waals surface area (Å²) in [7, 11) is 3.23. The Morgan fingerprint density at radius 1 is 0.955 bits per heavy atom. The first kappa shape index (κ1) is 14.4. The summed E-state index contributed by atoms with van der Waals surface area (Å²) in [4.78, 5) is 12.8. The van der Waals surface area contributed by atoms with Crippen LogP contribution in [0.4, 0.5) is 5.69 Å². The van der Waals surface area contributed by atoms with E-state index in [0.29, 0.717) is 11.4 Å². The van der Waals surface area contributed by atoms with Crippen LogP contribution in [0.15, 0.2) is 48.5 Å². The molecule has 1 N–H and O–H groups in total. The Morgan fingerprint density at radius 3 is 2.18 bits per heavy atom. The van der Waals surface area contributed by atoms with Gasteiger partial charge in [-0.25, -0.2) is 0 Å². The molecule has 2 aromatic rings. The van der Waals surface area contributed by atoms with Gasteiger partial charge in [0.05, 0.1) is 25.3 Å². The number of hydrogen-bond acceptors (Lipinski definition) is 3. The van der Waals surface area contributed by atoms with Crippen molar-refractivity contribution in [1.82, 2.24) is 0 Å². The van der Waals surface area contributed by atoms with Crippen molar-refractivity contribution < 1.29 is 14.3 Å². The summed E-state index contributed by atoms with van der Waals surface area (Å²) >= 11 is 0. The molecule has 0 aliphatic heterocycles. The van der Waals surface area contributed by atoms with Crippen LogP contribution in [0.5, 0.6) is 11.5 Å². The van der Waals surface area contributed by atoms with Crippen LogP contribution in [0.25, 0.3) is 0 Å². The molecule has 0 radical (unpaired) electrons. The van der Waals surface area contributed by atoms with Gasteiger partial charge in [-0.05, 0) is 31.0 Å². The third-order valence-corrected chi connectivity index (χ3v) is 4.16. The highest BCUT2D eigenvalue weighted by atomic mass is 16.5. The van der Waals surface area contributed by atoms with E-state index in [0.717, 1.165) is 24.2 Å². The summed E-state index contributed by atoms with van der Waals surface area (Å²) in [6.45, 7) is 0. The predicted molar refractivity (Wildman–Crippen MR) is 85.5 cm³/mol. The van der Waals surface area contributed by atoms with Gasteiger partial charge >= 0.3 is 0 Å². The van der Waals surface area contributed by atoms with E-state index in [1.165, 1.54) is 0 Å². The van der Waals surface area contributed by atoms with Crippen molar-refractivity contribution in [2.45, 2.75) is 18.3 Å². The smallest absolute Gasteiger partial charge is 0.235 e. The predicted octanol–water partition coefficient (Wildman–Crippen LogP) is 3.37. The highest BCUT2D eigenvalue weighted by molar-refractivity contribution is 6.02. The van der Waals surface area contributed by atoms with Gasteiger partial charge in [-0.15, -0.1) is 0 Å². The van der Waals surface area contributed by atoms with Gasteiger partial charge in [0.25, 0.3) is 0 Å². The average molecular weight is 297 g/mol. The molecule has 0 atom stereocenters. The number of ether oxygens (including phenoxy) is 2. The third-order valence-electron chi connectivity index (χ3n) is 4.16. The Balaban J connectivity index is 1.89. The number of benzene rings is 2. The fraction of sp³-hybridized carbons (Fsp3) is 0.278. The van der Waals surface area contributed by atoms with E-state index in [2.05, 4.69) is 5.32 Å². The molecule has 0 aromatic heterocycles. The maximum Gasteiger partial charge on any atom is 0.235 e. The first-order chi connectivity index (χ1) is 10.7. The normalized spacial score (nSPS) is 15.0. The van der Waals surface area contributed by atoms with E-state index in [1.807, 2.05) is 48.5 Å². The van der Waals surface area contributed by atoms with Gasteiger partial charge in [-0.2, -0.15) is 0 Å². The average Bonchev–Trinajstić information content (AvgIpc) is 3.37. The van der Waals surface area contributed by atoms with Crippen molar-refractivity contribution >= 4 is 11.6 Å². The Hall–Kier alpha value is -2.49. The Bertz CT molecular complexity index is 692. The van der Waals surface area contributed by atoms with Gasteiger partial charge < -0.3 is 14.8 Å². The quantitative estimate of drug-likeness (QED) is 0.920. The van der Waals surface area contributed by atoms with Crippen molar-refractivity contribution in [3.63, 3.8) is 0 Å². The van der Waals surface area contributed by atoms with Crippen molar-refractivity contribution in [3.8, 4) is 11.5 Å².